The van der Waals surface area contributed by atoms with Crippen molar-refractivity contribution in [2.24, 2.45) is 20.5 Å². The second kappa shape index (κ2) is 12.6. The Hall–Kier alpha value is -4.65. The number of ether oxygens (including phenoxy) is 2. The van der Waals surface area contributed by atoms with Crippen molar-refractivity contribution < 1.29 is 14.3 Å². The monoisotopic (exact) mass is 466 g/mol. The van der Waals surface area contributed by atoms with Gasteiger partial charge >= 0.3 is 5.97 Å². The largest absolute Gasteiger partial charge is 0.462 e. The molecule has 0 heterocycles. The fourth-order valence-electron chi connectivity index (χ4n) is 2.91. The zero-order valence-corrected chi connectivity index (χ0v) is 19.6. The predicted molar refractivity (Wildman–Crippen MR) is 137 cm³/mol. The Labute approximate surface area is 204 Å². The molecule has 3 aromatic rings. The smallest absolute Gasteiger partial charge is 0.330 e. The highest BCUT2D eigenvalue weighted by molar-refractivity contribution is 5.81. The number of hydrogen-bond donors (Lipinski definition) is 0. The van der Waals surface area contributed by atoms with Gasteiger partial charge < -0.3 is 9.47 Å². The fourth-order valence-corrected chi connectivity index (χ4v) is 2.91. The summed E-state index contributed by atoms with van der Waals surface area (Å²) in [5, 5.41) is 17.1. The van der Waals surface area contributed by atoms with Gasteiger partial charge in [0.1, 0.15) is 11.5 Å². The van der Waals surface area contributed by atoms with Crippen molar-refractivity contribution in [1.29, 1.82) is 0 Å². The Kier molecular flexibility index (Phi) is 8.96. The first-order valence-corrected chi connectivity index (χ1v) is 10.9. The lowest BCUT2D eigenvalue weighted by molar-refractivity contribution is -0.137. The second-order valence-corrected chi connectivity index (χ2v) is 7.43. The molecule has 0 amide bonds. The highest BCUT2D eigenvalue weighted by Gasteiger charge is 2.03. The van der Waals surface area contributed by atoms with Crippen molar-refractivity contribution in [2.75, 3.05) is 6.61 Å². The molecule has 0 N–H and O–H groups in total. The van der Waals surface area contributed by atoms with Crippen LogP contribution in [0.25, 0.3) is 0 Å². The SMILES string of the molecule is C=CC(=C)Oc1ccc(N=Nc2ccc(N=Nc3cccc(CCOC(=O)C=C)c3)cc2)cc1C. The molecular weight excluding hydrogens is 440 g/mol. The Balaban J connectivity index is 1.59. The fraction of sp³-hybridized carbons (Fsp3) is 0.107. The Morgan fingerprint density at radius 1 is 0.829 bits per heavy atom. The third-order valence-electron chi connectivity index (χ3n) is 4.75. The molecule has 7 nitrogen and oxygen atoms in total. The lowest BCUT2D eigenvalue weighted by Gasteiger charge is -2.08. The summed E-state index contributed by atoms with van der Waals surface area (Å²) in [5.74, 6) is 0.751. The standard InChI is InChI=1S/C28H26N4O3/c1-5-21(4)35-27-15-14-26(18-20(27)3)32-30-24-12-10-23(11-13-24)29-31-25-9-7-8-22(19-25)16-17-34-28(33)6-2/h5-15,18-19H,1-2,4,16-17H2,3H3. The van der Waals surface area contributed by atoms with E-state index in [1.54, 1.807) is 6.08 Å². The summed E-state index contributed by atoms with van der Waals surface area (Å²) in [7, 11) is 0. The highest BCUT2D eigenvalue weighted by Crippen LogP contribution is 2.27. The number of hydrogen-bond acceptors (Lipinski definition) is 7. The minimum absolute atomic E-state index is 0.282. The normalized spacial score (nSPS) is 10.9. The lowest BCUT2D eigenvalue weighted by atomic mass is 10.1. The van der Waals surface area contributed by atoms with Crippen LogP contribution in [-0.4, -0.2) is 12.6 Å². The van der Waals surface area contributed by atoms with Crippen molar-refractivity contribution in [3.8, 4) is 5.75 Å². The van der Waals surface area contributed by atoms with Crippen molar-refractivity contribution in [1.82, 2.24) is 0 Å². The van der Waals surface area contributed by atoms with E-state index in [0.717, 1.165) is 17.2 Å². The molecule has 0 aliphatic heterocycles. The van der Waals surface area contributed by atoms with Gasteiger partial charge in [-0.05, 0) is 78.7 Å². The lowest BCUT2D eigenvalue weighted by Crippen LogP contribution is -2.04. The van der Waals surface area contributed by atoms with Crippen LogP contribution in [0.2, 0.25) is 0 Å². The first-order valence-electron chi connectivity index (χ1n) is 10.9. The van der Waals surface area contributed by atoms with E-state index in [0.29, 0.717) is 40.7 Å². The van der Waals surface area contributed by atoms with Gasteiger partial charge in [0.05, 0.1) is 29.4 Å². The zero-order valence-electron chi connectivity index (χ0n) is 19.6. The van der Waals surface area contributed by atoms with Crippen LogP contribution in [0.5, 0.6) is 5.75 Å². The van der Waals surface area contributed by atoms with Crippen LogP contribution >= 0.6 is 0 Å². The topological polar surface area (TPSA) is 85.0 Å². The maximum Gasteiger partial charge on any atom is 0.330 e. The van der Waals surface area contributed by atoms with E-state index in [2.05, 4.69) is 40.2 Å². The summed E-state index contributed by atoms with van der Waals surface area (Å²) in [4.78, 5) is 11.1. The maximum atomic E-state index is 11.1. The zero-order chi connectivity index (χ0) is 25.0. The van der Waals surface area contributed by atoms with Crippen LogP contribution in [0.3, 0.4) is 0 Å². The molecule has 0 bridgehead atoms. The summed E-state index contributed by atoms with van der Waals surface area (Å²) in [6.07, 6.45) is 3.29. The van der Waals surface area contributed by atoms with Crippen molar-refractivity contribution >= 4 is 28.7 Å². The van der Waals surface area contributed by atoms with Crippen LogP contribution in [0.4, 0.5) is 22.7 Å². The van der Waals surface area contributed by atoms with Gasteiger partial charge in [-0.15, -0.1) is 0 Å². The van der Waals surface area contributed by atoms with E-state index in [1.807, 2.05) is 73.7 Å². The van der Waals surface area contributed by atoms with Crippen molar-refractivity contribution in [2.45, 2.75) is 13.3 Å². The van der Waals surface area contributed by atoms with Crippen LogP contribution in [0.15, 0.2) is 125 Å². The first-order chi connectivity index (χ1) is 17.0. The minimum Gasteiger partial charge on any atom is -0.462 e. The number of nitrogens with zero attached hydrogens (tertiary/aromatic N) is 4. The Morgan fingerprint density at radius 3 is 2.03 bits per heavy atom. The van der Waals surface area contributed by atoms with E-state index in [4.69, 9.17) is 9.47 Å². The van der Waals surface area contributed by atoms with Gasteiger partial charge in [0.15, 0.2) is 0 Å². The van der Waals surface area contributed by atoms with Crippen molar-refractivity contribution in [3.05, 3.63) is 116 Å². The molecule has 0 spiro atoms. The van der Waals surface area contributed by atoms with Crippen LogP contribution in [0.1, 0.15) is 11.1 Å². The molecule has 0 aromatic heterocycles. The molecule has 0 atom stereocenters. The summed E-state index contributed by atoms with van der Waals surface area (Å²) in [6, 6.07) is 20.4. The molecular formula is C28H26N4O3. The van der Waals surface area contributed by atoms with Gasteiger partial charge in [-0.25, -0.2) is 4.79 Å². The third kappa shape index (κ3) is 8.01. The number of carbonyl (C=O) groups is 1. The molecule has 0 aliphatic rings. The highest BCUT2D eigenvalue weighted by atomic mass is 16.5. The summed E-state index contributed by atoms with van der Waals surface area (Å²) in [6.45, 7) is 13.0. The van der Waals surface area contributed by atoms with E-state index in [-0.39, 0.29) is 6.61 Å². The third-order valence-corrected chi connectivity index (χ3v) is 4.75. The second-order valence-electron chi connectivity index (χ2n) is 7.43. The van der Waals surface area contributed by atoms with E-state index in [1.165, 1.54) is 0 Å². The molecule has 3 rings (SSSR count). The molecule has 0 radical (unpaired) electrons. The van der Waals surface area contributed by atoms with E-state index in [9.17, 15) is 4.79 Å². The molecule has 0 aliphatic carbocycles. The molecule has 0 saturated carbocycles. The summed E-state index contributed by atoms with van der Waals surface area (Å²) >= 11 is 0. The molecule has 3 aromatic carbocycles. The molecule has 0 fully saturated rings. The van der Waals surface area contributed by atoms with Crippen LogP contribution < -0.4 is 4.74 Å². The minimum atomic E-state index is -0.433. The van der Waals surface area contributed by atoms with E-state index >= 15 is 0 Å². The van der Waals surface area contributed by atoms with Gasteiger partial charge in [-0.1, -0.05) is 31.9 Å². The molecule has 35 heavy (non-hydrogen) atoms. The summed E-state index contributed by atoms with van der Waals surface area (Å²) in [5.41, 5.74) is 4.71. The average Bonchev–Trinajstić information content (AvgIpc) is 2.88. The van der Waals surface area contributed by atoms with Crippen LogP contribution in [-0.2, 0) is 16.0 Å². The number of allylic oxidation sites excluding steroid dienone is 1. The van der Waals surface area contributed by atoms with Gasteiger partial charge in [-0.3, -0.25) is 0 Å². The first kappa shape index (κ1) is 25.0. The quantitative estimate of drug-likeness (QED) is 0.0939. The molecule has 0 unspecified atom stereocenters. The number of aryl methyl sites for hydroxylation is 1. The van der Waals surface area contributed by atoms with Gasteiger partial charge in [0.25, 0.3) is 0 Å². The molecule has 0 saturated heterocycles. The number of rotatable bonds is 11. The Bertz CT molecular complexity index is 1280. The number of esters is 1. The average molecular weight is 467 g/mol. The molecule has 176 valence electrons. The van der Waals surface area contributed by atoms with Gasteiger partial charge in [-0.2, -0.15) is 20.5 Å². The van der Waals surface area contributed by atoms with E-state index < -0.39 is 5.97 Å². The predicted octanol–water partition coefficient (Wildman–Crippen LogP) is 8.18. The number of carbonyl (C=O) groups excluding carboxylic acids is 1. The van der Waals surface area contributed by atoms with Gasteiger partial charge in [0.2, 0.25) is 0 Å². The Morgan fingerprint density at radius 2 is 1.43 bits per heavy atom. The van der Waals surface area contributed by atoms with Gasteiger partial charge in [0, 0.05) is 12.5 Å². The number of benzene rings is 3. The maximum absolute atomic E-state index is 11.1. The van der Waals surface area contributed by atoms with Crippen LogP contribution in [0, 0.1) is 6.92 Å². The van der Waals surface area contributed by atoms with Crippen molar-refractivity contribution in [3.63, 3.8) is 0 Å². The number of azo groups is 2. The molecule has 7 heteroatoms. The summed E-state index contributed by atoms with van der Waals surface area (Å²) < 4.78 is 10.6.